The van der Waals surface area contributed by atoms with E-state index in [1.807, 2.05) is 12.2 Å². The second-order valence-electron chi connectivity index (χ2n) is 4.51. The normalized spacial score (nSPS) is 43.9. The van der Waals surface area contributed by atoms with E-state index in [-0.39, 0.29) is 11.8 Å². The van der Waals surface area contributed by atoms with Crippen molar-refractivity contribution < 1.29 is 4.79 Å². The van der Waals surface area contributed by atoms with Crippen LogP contribution in [-0.4, -0.2) is 5.78 Å². The van der Waals surface area contributed by atoms with Gasteiger partial charge < -0.3 is 0 Å². The summed E-state index contributed by atoms with van der Waals surface area (Å²) in [6, 6.07) is 0. The summed E-state index contributed by atoms with van der Waals surface area (Å²) in [6.45, 7) is 0. The third kappa shape index (κ3) is 1.05. The van der Waals surface area contributed by atoms with Crippen LogP contribution in [0.25, 0.3) is 0 Å². The number of carbonyl (C=O) groups is 1. The van der Waals surface area contributed by atoms with E-state index in [1.165, 1.54) is 12.8 Å². The molecule has 0 N–H and O–H groups in total. The van der Waals surface area contributed by atoms with Gasteiger partial charge in [0.25, 0.3) is 0 Å². The first-order chi connectivity index (χ1) is 6.86. The number of Topliss-reactive ketones (excluding diaryl/α,β-unsaturated/α-hetero) is 1. The van der Waals surface area contributed by atoms with Gasteiger partial charge in [-0.15, -0.1) is 0 Å². The average molecular weight is 186 g/mol. The van der Waals surface area contributed by atoms with Crippen molar-refractivity contribution in [2.45, 2.75) is 12.8 Å². The third-order valence-corrected chi connectivity index (χ3v) is 3.77. The van der Waals surface area contributed by atoms with E-state index in [0.29, 0.717) is 17.6 Å². The third-order valence-electron chi connectivity index (χ3n) is 3.77. The standard InChI is InChI=1S/C13H14O/c14-13-11-3-1-2-4-12(13)10-7-5-9(11)6-8-10/h1-5,7,9-12H,6,8H2. The molecular weight excluding hydrogens is 172 g/mol. The van der Waals surface area contributed by atoms with E-state index in [0.717, 1.165) is 0 Å². The van der Waals surface area contributed by atoms with Gasteiger partial charge in [0.15, 0.2) is 0 Å². The zero-order valence-electron chi connectivity index (χ0n) is 8.10. The highest BCUT2D eigenvalue weighted by Crippen LogP contribution is 2.41. The Kier molecular flexibility index (Phi) is 1.73. The van der Waals surface area contributed by atoms with Crippen LogP contribution in [0.2, 0.25) is 0 Å². The molecule has 4 atom stereocenters. The summed E-state index contributed by atoms with van der Waals surface area (Å²) >= 11 is 0. The van der Waals surface area contributed by atoms with Crippen LogP contribution in [0.3, 0.4) is 0 Å². The SMILES string of the molecule is O=C1C2C=CC=CC1C1C=CC2CC1. The maximum atomic E-state index is 12.2. The Labute approximate surface area is 84.2 Å². The van der Waals surface area contributed by atoms with E-state index < -0.39 is 0 Å². The van der Waals surface area contributed by atoms with Crippen molar-refractivity contribution in [1.82, 2.24) is 0 Å². The number of carbonyl (C=O) groups excluding carboxylic acids is 1. The number of hydrogen-bond acceptors (Lipinski definition) is 1. The zero-order chi connectivity index (χ0) is 9.54. The second-order valence-corrected chi connectivity index (χ2v) is 4.51. The van der Waals surface area contributed by atoms with E-state index in [9.17, 15) is 4.79 Å². The minimum atomic E-state index is 0.152. The number of ketones is 1. The second kappa shape index (κ2) is 2.94. The summed E-state index contributed by atoms with van der Waals surface area (Å²) < 4.78 is 0. The van der Waals surface area contributed by atoms with Crippen molar-refractivity contribution in [3.8, 4) is 0 Å². The predicted molar refractivity (Wildman–Crippen MR) is 55.6 cm³/mol. The molecule has 72 valence electrons. The maximum Gasteiger partial charge on any atom is 0.147 e. The van der Waals surface area contributed by atoms with Crippen molar-refractivity contribution in [1.29, 1.82) is 0 Å². The highest BCUT2D eigenvalue weighted by Gasteiger charge is 2.39. The topological polar surface area (TPSA) is 17.1 Å². The van der Waals surface area contributed by atoms with Crippen LogP contribution >= 0.6 is 0 Å². The fraction of sp³-hybridized carbons (Fsp3) is 0.462. The minimum absolute atomic E-state index is 0.152. The van der Waals surface area contributed by atoms with Crippen LogP contribution in [0.5, 0.6) is 0 Å². The number of fused-ring (bicyclic) bond motifs is 1. The molecule has 1 fully saturated rings. The molecule has 1 nitrogen and oxygen atoms in total. The molecule has 0 aromatic heterocycles. The minimum Gasteiger partial charge on any atom is -0.298 e. The van der Waals surface area contributed by atoms with Crippen LogP contribution < -0.4 is 0 Å². The van der Waals surface area contributed by atoms with Crippen molar-refractivity contribution in [2.24, 2.45) is 23.7 Å². The van der Waals surface area contributed by atoms with Crippen molar-refractivity contribution in [2.75, 3.05) is 0 Å². The Balaban J connectivity index is 2.12. The molecule has 4 aliphatic rings. The van der Waals surface area contributed by atoms with Crippen LogP contribution in [0.15, 0.2) is 36.5 Å². The molecule has 0 aromatic carbocycles. The van der Waals surface area contributed by atoms with Gasteiger partial charge >= 0.3 is 0 Å². The Morgan fingerprint density at radius 1 is 0.857 bits per heavy atom. The van der Waals surface area contributed by atoms with Crippen LogP contribution in [0.1, 0.15) is 12.8 Å². The molecule has 0 radical (unpaired) electrons. The highest BCUT2D eigenvalue weighted by molar-refractivity contribution is 5.88. The molecule has 0 spiro atoms. The van der Waals surface area contributed by atoms with Gasteiger partial charge in [0.1, 0.15) is 5.78 Å². The lowest BCUT2D eigenvalue weighted by Gasteiger charge is -2.20. The lowest BCUT2D eigenvalue weighted by atomic mass is 9.84. The van der Waals surface area contributed by atoms with Gasteiger partial charge in [-0.3, -0.25) is 4.79 Å². The summed E-state index contributed by atoms with van der Waals surface area (Å²) in [5.41, 5.74) is 0. The molecule has 0 aromatic rings. The first kappa shape index (κ1) is 8.22. The quantitative estimate of drug-likeness (QED) is 0.531. The average Bonchev–Trinajstić information content (AvgIpc) is 2.54. The number of hydrogen-bond donors (Lipinski definition) is 0. The van der Waals surface area contributed by atoms with Gasteiger partial charge in [0.05, 0.1) is 0 Å². The molecule has 0 saturated heterocycles. The van der Waals surface area contributed by atoms with Gasteiger partial charge in [-0.2, -0.15) is 0 Å². The largest absolute Gasteiger partial charge is 0.298 e. The van der Waals surface area contributed by atoms with Crippen molar-refractivity contribution >= 4 is 5.78 Å². The molecule has 14 heavy (non-hydrogen) atoms. The monoisotopic (exact) mass is 186 g/mol. The van der Waals surface area contributed by atoms with E-state index >= 15 is 0 Å². The fourth-order valence-electron chi connectivity index (χ4n) is 2.95. The lowest BCUT2D eigenvalue weighted by molar-refractivity contribution is -0.124. The van der Waals surface area contributed by atoms with Crippen molar-refractivity contribution in [3.05, 3.63) is 36.5 Å². The predicted octanol–water partition coefficient (Wildman–Crippen LogP) is 2.51. The summed E-state index contributed by atoms with van der Waals surface area (Å²) in [4.78, 5) is 12.2. The number of allylic oxidation sites excluding steroid dienone is 6. The Morgan fingerprint density at radius 2 is 1.36 bits per heavy atom. The number of rotatable bonds is 0. The molecule has 4 unspecified atom stereocenters. The molecule has 1 heteroatoms. The lowest BCUT2D eigenvalue weighted by Crippen LogP contribution is -2.23. The molecular formula is C13H14O. The van der Waals surface area contributed by atoms with E-state index in [2.05, 4.69) is 24.3 Å². The Morgan fingerprint density at radius 3 is 1.79 bits per heavy atom. The van der Waals surface area contributed by atoms with Gasteiger partial charge in [-0.25, -0.2) is 0 Å². The molecule has 1 saturated carbocycles. The molecule has 4 aliphatic carbocycles. The summed E-state index contributed by atoms with van der Waals surface area (Å²) in [5, 5.41) is 0. The zero-order valence-corrected chi connectivity index (χ0v) is 8.10. The maximum absolute atomic E-state index is 12.2. The van der Waals surface area contributed by atoms with Crippen molar-refractivity contribution in [3.63, 3.8) is 0 Å². The fourth-order valence-corrected chi connectivity index (χ4v) is 2.95. The molecule has 0 aliphatic heterocycles. The summed E-state index contributed by atoms with van der Waals surface area (Å²) in [5.74, 6) is 1.68. The molecule has 0 heterocycles. The van der Waals surface area contributed by atoms with Crippen LogP contribution in [0.4, 0.5) is 0 Å². The van der Waals surface area contributed by atoms with E-state index in [4.69, 9.17) is 0 Å². The molecule has 4 rings (SSSR count). The Bertz CT molecular complexity index is 316. The summed E-state index contributed by atoms with van der Waals surface area (Å²) in [7, 11) is 0. The van der Waals surface area contributed by atoms with Gasteiger partial charge in [0, 0.05) is 11.8 Å². The van der Waals surface area contributed by atoms with Gasteiger partial charge in [0.2, 0.25) is 0 Å². The smallest absolute Gasteiger partial charge is 0.147 e. The highest BCUT2D eigenvalue weighted by atomic mass is 16.1. The Hall–Kier alpha value is -1.11. The molecule has 0 amide bonds. The van der Waals surface area contributed by atoms with E-state index in [1.54, 1.807) is 0 Å². The first-order valence-electron chi connectivity index (χ1n) is 5.43. The van der Waals surface area contributed by atoms with Gasteiger partial charge in [-0.05, 0) is 24.7 Å². The van der Waals surface area contributed by atoms with Crippen LogP contribution in [-0.2, 0) is 4.79 Å². The van der Waals surface area contributed by atoms with Gasteiger partial charge in [-0.1, -0.05) is 36.5 Å². The molecule has 4 bridgehead atoms. The summed E-state index contributed by atoms with van der Waals surface area (Å²) in [6.07, 6.45) is 15.1. The van der Waals surface area contributed by atoms with Crippen LogP contribution in [0, 0.1) is 23.7 Å². The first-order valence-corrected chi connectivity index (χ1v) is 5.43.